The summed E-state index contributed by atoms with van der Waals surface area (Å²) >= 11 is 0. The van der Waals surface area contributed by atoms with Crippen molar-refractivity contribution in [2.24, 2.45) is 0 Å². The Balaban J connectivity index is 1.75. The molecule has 1 nitrogen and oxygen atoms in total. The van der Waals surface area contributed by atoms with Gasteiger partial charge in [-0.05, 0) is 50.3 Å². The van der Waals surface area contributed by atoms with Crippen molar-refractivity contribution >= 4 is 0 Å². The highest BCUT2D eigenvalue weighted by atomic mass is 14.9. The number of nitrogens with one attached hydrogen (secondary N) is 1. The zero-order valence-electron chi connectivity index (χ0n) is 12.6. The molecule has 1 N–H and O–H groups in total. The summed E-state index contributed by atoms with van der Waals surface area (Å²) in [5, 5.41) is 3.79. The highest BCUT2D eigenvalue weighted by Gasteiger charge is 2.23. The van der Waals surface area contributed by atoms with E-state index in [1.54, 1.807) is 0 Å². The SMILES string of the molecule is Cc1ccc([C@H](C)N[C@H]2CCc3cc(C)ccc32)cc1. The first kappa shape index (κ1) is 13.4. The molecule has 2 atom stereocenters. The van der Waals surface area contributed by atoms with Crippen molar-refractivity contribution < 1.29 is 0 Å². The predicted octanol–water partition coefficient (Wildman–Crippen LogP) is 4.64. The third-order valence-corrected chi connectivity index (χ3v) is 4.40. The highest BCUT2D eigenvalue weighted by Crippen LogP contribution is 2.33. The molecule has 1 aliphatic rings. The van der Waals surface area contributed by atoms with Gasteiger partial charge in [-0.25, -0.2) is 0 Å². The van der Waals surface area contributed by atoms with Crippen molar-refractivity contribution in [2.45, 2.75) is 45.7 Å². The van der Waals surface area contributed by atoms with Crippen LogP contribution in [0.4, 0.5) is 0 Å². The van der Waals surface area contributed by atoms with Crippen molar-refractivity contribution in [3.8, 4) is 0 Å². The predicted molar refractivity (Wildman–Crippen MR) is 85.0 cm³/mol. The van der Waals surface area contributed by atoms with E-state index in [1.807, 2.05) is 0 Å². The normalized spacial score (nSPS) is 18.9. The van der Waals surface area contributed by atoms with Crippen molar-refractivity contribution in [1.82, 2.24) is 5.32 Å². The van der Waals surface area contributed by atoms with E-state index >= 15 is 0 Å². The molecule has 0 saturated heterocycles. The van der Waals surface area contributed by atoms with Crippen LogP contribution in [0.15, 0.2) is 42.5 Å². The van der Waals surface area contributed by atoms with Gasteiger partial charge in [-0.3, -0.25) is 0 Å². The van der Waals surface area contributed by atoms with Gasteiger partial charge in [0.2, 0.25) is 0 Å². The summed E-state index contributed by atoms with van der Waals surface area (Å²) in [4.78, 5) is 0. The number of benzene rings is 2. The maximum atomic E-state index is 3.79. The van der Waals surface area contributed by atoms with E-state index in [4.69, 9.17) is 0 Å². The summed E-state index contributed by atoms with van der Waals surface area (Å²) < 4.78 is 0. The van der Waals surface area contributed by atoms with Crippen LogP contribution in [0.5, 0.6) is 0 Å². The molecule has 0 unspecified atom stereocenters. The van der Waals surface area contributed by atoms with Crippen LogP contribution >= 0.6 is 0 Å². The average molecular weight is 265 g/mol. The Morgan fingerprint density at radius 2 is 1.70 bits per heavy atom. The Hall–Kier alpha value is -1.60. The van der Waals surface area contributed by atoms with Crippen molar-refractivity contribution in [3.05, 3.63) is 70.3 Å². The van der Waals surface area contributed by atoms with Crippen molar-refractivity contribution in [3.63, 3.8) is 0 Å². The van der Waals surface area contributed by atoms with Gasteiger partial charge in [0, 0.05) is 12.1 Å². The fourth-order valence-electron chi connectivity index (χ4n) is 3.17. The Labute approximate surface area is 122 Å². The molecule has 0 spiro atoms. The average Bonchev–Trinajstić information content (AvgIpc) is 2.81. The van der Waals surface area contributed by atoms with Gasteiger partial charge in [0.25, 0.3) is 0 Å². The van der Waals surface area contributed by atoms with Crippen LogP contribution in [-0.4, -0.2) is 0 Å². The van der Waals surface area contributed by atoms with Gasteiger partial charge >= 0.3 is 0 Å². The molecule has 0 bridgehead atoms. The second kappa shape index (κ2) is 5.41. The molecule has 2 aromatic carbocycles. The summed E-state index contributed by atoms with van der Waals surface area (Å²) in [5.41, 5.74) is 7.09. The van der Waals surface area contributed by atoms with Crippen molar-refractivity contribution in [1.29, 1.82) is 0 Å². The van der Waals surface area contributed by atoms with Crippen LogP contribution in [0.25, 0.3) is 0 Å². The first-order chi connectivity index (χ1) is 9.63. The lowest BCUT2D eigenvalue weighted by molar-refractivity contribution is 0.465. The molecule has 0 aliphatic heterocycles. The standard InChI is InChI=1S/C19H23N/c1-13-4-7-16(8-5-13)15(3)20-19-11-9-17-12-14(2)6-10-18(17)19/h4-8,10,12,15,19-20H,9,11H2,1-3H3/t15-,19-/m0/s1. The number of hydrogen-bond donors (Lipinski definition) is 1. The van der Waals surface area contributed by atoms with Gasteiger partial charge in [0.05, 0.1) is 0 Å². The molecule has 2 aromatic rings. The van der Waals surface area contributed by atoms with Gasteiger partial charge < -0.3 is 5.32 Å². The van der Waals surface area contributed by atoms with Crippen LogP contribution in [0.1, 0.15) is 53.2 Å². The summed E-state index contributed by atoms with van der Waals surface area (Å²) in [7, 11) is 0. The summed E-state index contributed by atoms with van der Waals surface area (Å²) in [6, 6.07) is 16.6. The molecular weight excluding hydrogens is 242 g/mol. The summed E-state index contributed by atoms with van der Waals surface area (Å²) in [6.45, 7) is 6.57. The van der Waals surface area contributed by atoms with E-state index in [-0.39, 0.29) is 0 Å². The third kappa shape index (κ3) is 2.64. The number of rotatable bonds is 3. The Bertz CT molecular complexity index is 598. The zero-order valence-corrected chi connectivity index (χ0v) is 12.6. The quantitative estimate of drug-likeness (QED) is 0.852. The first-order valence-corrected chi connectivity index (χ1v) is 7.55. The lowest BCUT2D eigenvalue weighted by Crippen LogP contribution is -2.23. The lowest BCUT2D eigenvalue weighted by atomic mass is 10.0. The molecular formula is C19H23N. The zero-order chi connectivity index (χ0) is 14.1. The van der Waals surface area contributed by atoms with Crippen LogP contribution in [0.2, 0.25) is 0 Å². The number of aryl methyl sites for hydroxylation is 3. The Morgan fingerprint density at radius 1 is 1.00 bits per heavy atom. The molecule has 1 heteroatoms. The molecule has 0 fully saturated rings. The van der Waals surface area contributed by atoms with Gasteiger partial charge in [-0.15, -0.1) is 0 Å². The van der Waals surface area contributed by atoms with Gasteiger partial charge in [-0.2, -0.15) is 0 Å². The van der Waals surface area contributed by atoms with E-state index in [1.165, 1.54) is 40.7 Å². The van der Waals surface area contributed by atoms with E-state index in [0.29, 0.717) is 12.1 Å². The van der Waals surface area contributed by atoms with E-state index in [0.717, 1.165) is 0 Å². The van der Waals surface area contributed by atoms with Crippen molar-refractivity contribution in [2.75, 3.05) is 0 Å². The second-order valence-corrected chi connectivity index (χ2v) is 6.09. The highest BCUT2D eigenvalue weighted by molar-refractivity contribution is 5.38. The largest absolute Gasteiger partial charge is 0.303 e. The minimum atomic E-state index is 0.396. The maximum Gasteiger partial charge on any atom is 0.0331 e. The molecule has 104 valence electrons. The first-order valence-electron chi connectivity index (χ1n) is 7.55. The summed E-state index contributed by atoms with van der Waals surface area (Å²) in [5.74, 6) is 0. The topological polar surface area (TPSA) is 12.0 Å². The Morgan fingerprint density at radius 3 is 2.45 bits per heavy atom. The maximum absolute atomic E-state index is 3.79. The fraction of sp³-hybridized carbons (Fsp3) is 0.368. The third-order valence-electron chi connectivity index (χ3n) is 4.40. The molecule has 0 aromatic heterocycles. The minimum absolute atomic E-state index is 0.396. The van der Waals surface area contributed by atoms with Crippen LogP contribution in [0, 0.1) is 13.8 Å². The molecule has 1 aliphatic carbocycles. The molecule has 3 rings (SSSR count). The Kier molecular flexibility index (Phi) is 3.62. The summed E-state index contributed by atoms with van der Waals surface area (Å²) in [6.07, 6.45) is 2.42. The number of fused-ring (bicyclic) bond motifs is 1. The second-order valence-electron chi connectivity index (χ2n) is 6.09. The van der Waals surface area contributed by atoms with E-state index < -0.39 is 0 Å². The van der Waals surface area contributed by atoms with E-state index in [9.17, 15) is 0 Å². The molecule has 0 radical (unpaired) electrons. The van der Waals surface area contributed by atoms with Gasteiger partial charge in [-0.1, -0.05) is 53.6 Å². The van der Waals surface area contributed by atoms with Crippen LogP contribution < -0.4 is 5.32 Å². The molecule has 20 heavy (non-hydrogen) atoms. The smallest absolute Gasteiger partial charge is 0.0331 e. The van der Waals surface area contributed by atoms with Crippen LogP contribution in [0.3, 0.4) is 0 Å². The molecule has 0 saturated carbocycles. The number of hydrogen-bond acceptors (Lipinski definition) is 1. The van der Waals surface area contributed by atoms with Gasteiger partial charge in [0.15, 0.2) is 0 Å². The van der Waals surface area contributed by atoms with E-state index in [2.05, 4.69) is 68.6 Å². The molecule has 0 heterocycles. The van der Waals surface area contributed by atoms with Crippen LogP contribution in [-0.2, 0) is 6.42 Å². The fourth-order valence-corrected chi connectivity index (χ4v) is 3.17. The van der Waals surface area contributed by atoms with Gasteiger partial charge in [0.1, 0.15) is 0 Å². The minimum Gasteiger partial charge on any atom is -0.303 e. The molecule has 0 amide bonds. The monoisotopic (exact) mass is 265 g/mol. The lowest BCUT2D eigenvalue weighted by Gasteiger charge is -2.21.